The summed E-state index contributed by atoms with van der Waals surface area (Å²) < 4.78 is 0. The fourth-order valence-electron chi connectivity index (χ4n) is 2.69. The first-order chi connectivity index (χ1) is 7.84. The molecule has 0 nitrogen and oxygen atoms in total. The van der Waals surface area contributed by atoms with Gasteiger partial charge >= 0.3 is 0 Å². The van der Waals surface area contributed by atoms with Crippen molar-refractivity contribution in [1.29, 1.82) is 0 Å². The zero-order valence-electron chi connectivity index (χ0n) is 11.1. The minimum absolute atomic E-state index is 0.946. The molecule has 0 saturated heterocycles. The molecule has 0 unspecified atom stereocenters. The van der Waals surface area contributed by atoms with Gasteiger partial charge in [0.1, 0.15) is 0 Å². The fourth-order valence-corrected chi connectivity index (χ4v) is 2.69. The molecule has 0 heterocycles. The van der Waals surface area contributed by atoms with Crippen LogP contribution < -0.4 is 0 Å². The summed E-state index contributed by atoms with van der Waals surface area (Å²) in [4.78, 5) is 0. The lowest BCUT2D eigenvalue weighted by atomic mass is 9.79. The van der Waals surface area contributed by atoms with Crippen molar-refractivity contribution in [2.45, 2.75) is 52.9 Å². The SMILES string of the molecule is CC.C[C@@H]1CCC[C@@H](Cc2ccccc2)C1. The van der Waals surface area contributed by atoms with Crippen LogP contribution >= 0.6 is 0 Å². The van der Waals surface area contributed by atoms with Crippen LogP contribution in [0.5, 0.6) is 0 Å². The highest BCUT2D eigenvalue weighted by atomic mass is 14.2. The van der Waals surface area contributed by atoms with Gasteiger partial charge in [0.05, 0.1) is 0 Å². The van der Waals surface area contributed by atoms with Crippen LogP contribution in [0.25, 0.3) is 0 Å². The van der Waals surface area contributed by atoms with E-state index < -0.39 is 0 Å². The lowest BCUT2D eigenvalue weighted by molar-refractivity contribution is 0.281. The molecule has 0 aliphatic heterocycles. The summed E-state index contributed by atoms with van der Waals surface area (Å²) in [5.74, 6) is 1.90. The van der Waals surface area contributed by atoms with Crippen molar-refractivity contribution in [2.24, 2.45) is 11.8 Å². The molecular formula is C16H26. The van der Waals surface area contributed by atoms with E-state index in [4.69, 9.17) is 0 Å². The van der Waals surface area contributed by atoms with Gasteiger partial charge in [-0.3, -0.25) is 0 Å². The molecule has 0 aromatic heterocycles. The minimum atomic E-state index is 0.946. The van der Waals surface area contributed by atoms with E-state index in [2.05, 4.69) is 37.3 Å². The molecule has 16 heavy (non-hydrogen) atoms. The molecule has 1 aromatic carbocycles. The van der Waals surface area contributed by atoms with Gasteiger partial charge in [0, 0.05) is 0 Å². The molecule has 1 aromatic rings. The highest BCUT2D eigenvalue weighted by molar-refractivity contribution is 5.15. The second-order valence-electron chi connectivity index (χ2n) is 4.83. The van der Waals surface area contributed by atoms with Crippen LogP contribution in [0.2, 0.25) is 0 Å². The molecule has 1 saturated carbocycles. The standard InChI is InChI=1S/C14H20.C2H6/c1-12-6-5-9-14(10-12)11-13-7-3-2-4-8-13;1-2/h2-4,7-8,12,14H,5-6,9-11H2,1H3;1-2H3/t12-,14-;/m1./s1. The summed E-state index contributed by atoms with van der Waals surface area (Å²) in [5, 5.41) is 0. The molecule has 2 atom stereocenters. The zero-order valence-corrected chi connectivity index (χ0v) is 11.1. The third-order valence-electron chi connectivity index (χ3n) is 3.41. The van der Waals surface area contributed by atoms with Gasteiger partial charge in [-0.1, -0.05) is 70.4 Å². The number of benzene rings is 1. The Bertz CT molecular complexity index is 263. The number of rotatable bonds is 2. The zero-order chi connectivity index (χ0) is 11.8. The molecule has 0 spiro atoms. The Morgan fingerprint density at radius 2 is 1.75 bits per heavy atom. The van der Waals surface area contributed by atoms with Crippen LogP contribution in [0.15, 0.2) is 30.3 Å². The minimum Gasteiger partial charge on any atom is -0.0683 e. The van der Waals surface area contributed by atoms with Gasteiger partial charge in [0.15, 0.2) is 0 Å². The monoisotopic (exact) mass is 218 g/mol. The Balaban J connectivity index is 0.000000606. The molecule has 0 bridgehead atoms. The van der Waals surface area contributed by atoms with E-state index in [1.54, 1.807) is 0 Å². The largest absolute Gasteiger partial charge is 0.0683 e. The van der Waals surface area contributed by atoms with Crippen molar-refractivity contribution in [3.05, 3.63) is 35.9 Å². The van der Waals surface area contributed by atoms with Gasteiger partial charge in [-0.05, 0) is 30.2 Å². The van der Waals surface area contributed by atoms with Crippen molar-refractivity contribution in [3.63, 3.8) is 0 Å². The molecule has 1 aliphatic carbocycles. The van der Waals surface area contributed by atoms with E-state index in [-0.39, 0.29) is 0 Å². The number of hydrogen-bond acceptors (Lipinski definition) is 0. The number of hydrogen-bond donors (Lipinski definition) is 0. The second kappa shape index (κ2) is 7.49. The van der Waals surface area contributed by atoms with E-state index in [9.17, 15) is 0 Å². The topological polar surface area (TPSA) is 0 Å². The molecular weight excluding hydrogens is 192 g/mol. The highest BCUT2D eigenvalue weighted by Gasteiger charge is 2.18. The molecule has 0 heteroatoms. The van der Waals surface area contributed by atoms with E-state index in [1.165, 1.54) is 37.7 Å². The fraction of sp³-hybridized carbons (Fsp3) is 0.625. The van der Waals surface area contributed by atoms with Crippen molar-refractivity contribution >= 4 is 0 Å². The van der Waals surface area contributed by atoms with Crippen LogP contribution in [-0.4, -0.2) is 0 Å². The maximum Gasteiger partial charge on any atom is -0.0250 e. The summed E-state index contributed by atoms with van der Waals surface area (Å²) >= 11 is 0. The molecule has 0 N–H and O–H groups in total. The lowest BCUT2D eigenvalue weighted by Crippen LogP contribution is -2.15. The third kappa shape index (κ3) is 4.38. The van der Waals surface area contributed by atoms with Crippen molar-refractivity contribution < 1.29 is 0 Å². The Morgan fingerprint density at radius 3 is 2.38 bits per heavy atom. The Labute approximate surface area is 101 Å². The van der Waals surface area contributed by atoms with Crippen LogP contribution in [0.4, 0.5) is 0 Å². The summed E-state index contributed by atoms with van der Waals surface area (Å²) in [6.45, 7) is 6.40. The first kappa shape index (κ1) is 13.3. The van der Waals surface area contributed by atoms with Crippen molar-refractivity contribution in [3.8, 4) is 0 Å². The Hall–Kier alpha value is -0.780. The van der Waals surface area contributed by atoms with Gasteiger partial charge in [-0.25, -0.2) is 0 Å². The summed E-state index contributed by atoms with van der Waals surface area (Å²) in [6, 6.07) is 10.9. The molecule has 1 fully saturated rings. The maximum atomic E-state index is 2.40. The van der Waals surface area contributed by atoms with Crippen LogP contribution in [0, 0.1) is 11.8 Å². The van der Waals surface area contributed by atoms with E-state index in [1.807, 2.05) is 13.8 Å². The van der Waals surface area contributed by atoms with E-state index in [0.29, 0.717) is 0 Å². The summed E-state index contributed by atoms with van der Waals surface area (Å²) in [6.07, 6.45) is 7.07. The molecule has 2 rings (SSSR count). The average molecular weight is 218 g/mol. The Kier molecular flexibility index (Phi) is 6.22. The Morgan fingerprint density at radius 1 is 1.06 bits per heavy atom. The third-order valence-corrected chi connectivity index (χ3v) is 3.41. The quantitative estimate of drug-likeness (QED) is 0.649. The van der Waals surface area contributed by atoms with Gasteiger partial charge in [0.25, 0.3) is 0 Å². The van der Waals surface area contributed by atoms with E-state index >= 15 is 0 Å². The van der Waals surface area contributed by atoms with Crippen molar-refractivity contribution in [1.82, 2.24) is 0 Å². The van der Waals surface area contributed by atoms with Gasteiger partial charge in [0.2, 0.25) is 0 Å². The second-order valence-corrected chi connectivity index (χ2v) is 4.83. The van der Waals surface area contributed by atoms with Gasteiger partial charge < -0.3 is 0 Å². The van der Waals surface area contributed by atoms with Crippen LogP contribution in [0.3, 0.4) is 0 Å². The first-order valence-electron chi connectivity index (χ1n) is 6.88. The summed E-state index contributed by atoms with van der Waals surface area (Å²) in [5.41, 5.74) is 1.52. The smallest absolute Gasteiger partial charge is 0.0250 e. The predicted octanol–water partition coefficient (Wildman–Crippen LogP) is 5.08. The molecule has 1 aliphatic rings. The van der Waals surface area contributed by atoms with Crippen LogP contribution in [0.1, 0.15) is 52.0 Å². The maximum absolute atomic E-state index is 2.40. The van der Waals surface area contributed by atoms with Crippen LogP contribution in [-0.2, 0) is 6.42 Å². The van der Waals surface area contributed by atoms with Gasteiger partial charge in [-0.15, -0.1) is 0 Å². The van der Waals surface area contributed by atoms with Crippen molar-refractivity contribution in [2.75, 3.05) is 0 Å². The molecule has 0 amide bonds. The average Bonchev–Trinajstić information content (AvgIpc) is 2.33. The normalized spacial score (nSPS) is 24.4. The summed E-state index contributed by atoms with van der Waals surface area (Å²) in [7, 11) is 0. The van der Waals surface area contributed by atoms with Gasteiger partial charge in [-0.2, -0.15) is 0 Å². The highest BCUT2D eigenvalue weighted by Crippen LogP contribution is 2.30. The predicted molar refractivity (Wildman–Crippen MR) is 72.6 cm³/mol. The van der Waals surface area contributed by atoms with E-state index in [0.717, 1.165) is 11.8 Å². The first-order valence-corrected chi connectivity index (χ1v) is 6.88. The molecule has 0 radical (unpaired) electrons. The lowest BCUT2D eigenvalue weighted by Gasteiger charge is -2.26. The molecule has 90 valence electrons.